The van der Waals surface area contributed by atoms with Crippen LogP contribution in [0.2, 0.25) is 0 Å². The van der Waals surface area contributed by atoms with Gasteiger partial charge in [-0.1, -0.05) is 0 Å². The van der Waals surface area contributed by atoms with Gasteiger partial charge in [-0.05, 0) is 19.3 Å². The highest BCUT2D eigenvalue weighted by atomic mass is 16.4. The second-order valence-electron chi connectivity index (χ2n) is 4.92. The quantitative estimate of drug-likeness (QED) is 0.581. The highest BCUT2D eigenvalue weighted by molar-refractivity contribution is 5.81. The summed E-state index contributed by atoms with van der Waals surface area (Å²) in [5.74, 6) is -1.68. The molecule has 0 aromatic heterocycles. The number of carbonyl (C=O) groups excluding carboxylic acids is 1. The normalized spacial score (nSPS) is 37.4. The molecular formula is C11H17NO5. The lowest BCUT2D eigenvalue weighted by molar-refractivity contribution is -0.141. The minimum absolute atomic E-state index is 0.135. The first-order chi connectivity index (χ1) is 7.99. The number of carboxylic acids is 1. The molecular weight excluding hydrogens is 226 g/mol. The molecule has 1 amide bonds. The molecule has 4 atom stereocenters. The van der Waals surface area contributed by atoms with Gasteiger partial charge in [0.25, 0.3) is 0 Å². The van der Waals surface area contributed by atoms with E-state index in [9.17, 15) is 19.8 Å². The van der Waals surface area contributed by atoms with Crippen LogP contribution in [0.15, 0.2) is 0 Å². The van der Waals surface area contributed by atoms with E-state index in [4.69, 9.17) is 5.11 Å². The van der Waals surface area contributed by atoms with Gasteiger partial charge in [0.1, 0.15) is 0 Å². The van der Waals surface area contributed by atoms with Crippen molar-refractivity contribution in [2.45, 2.75) is 31.5 Å². The van der Waals surface area contributed by atoms with Gasteiger partial charge in [0, 0.05) is 19.0 Å². The fraction of sp³-hybridized carbons (Fsp3) is 0.818. The molecule has 2 aliphatic rings. The summed E-state index contributed by atoms with van der Waals surface area (Å²) >= 11 is 0. The van der Waals surface area contributed by atoms with Crippen LogP contribution in [0.4, 0.5) is 0 Å². The molecule has 2 rings (SSSR count). The molecule has 6 heteroatoms. The van der Waals surface area contributed by atoms with Crippen LogP contribution >= 0.6 is 0 Å². The maximum atomic E-state index is 12.0. The number of rotatable bonds is 2. The zero-order chi connectivity index (χ0) is 12.6. The Labute approximate surface area is 98.8 Å². The van der Waals surface area contributed by atoms with Crippen molar-refractivity contribution in [3.05, 3.63) is 0 Å². The van der Waals surface area contributed by atoms with E-state index in [1.165, 1.54) is 4.90 Å². The second-order valence-corrected chi connectivity index (χ2v) is 4.92. The van der Waals surface area contributed by atoms with Gasteiger partial charge in [0.15, 0.2) is 0 Å². The topological polar surface area (TPSA) is 98.1 Å². The van der Waals surface area contributed by atoms with E-state index in [0.29, 0.717) is 19.3 Å². The van der Waals surface area contributed by atoms with Crippen molar-refractivity contribution in [1.29, 1.82) is 0 Å². The lowest BCUT2D eigenvalue weighted by atomic mass is 10.0. The van der Waals surface area contributed by atoms with E-state index in [2.05, 4.69) is 0 Å². The van der Waals surface area contributed by atoms with Crippen LogP contribution in [0.25, 0.3) is 0 Å². The number of likely N-dealkylation sites (tertiary alicyclic amines) is 1. The van der Waals surface area contributed by atoms with Crippen LogP contribution in [0.5, 0.6) is 0 Å². The average Bonchev–Trinajstić information content (AvgIpc) is 2.86. The fourth-order valence-electron chi connectivity index (χ4n) is 2.64. The molecule has 17 heavy (non-hydrogen) atoms. The molecule has 0 unspecified atom stereocenters. The zero-order valence-electron chi connectivity index (χ0n) is 9.45. The Hall–Kier alpha value is -1.14. The summed E-state index contributed by atoms with van der Waals surface area (Å²) in [7, 11) is 0. The third-order valence-electron chi connectivity index (χ3n) is 3.70. The van der Waals surface area contributed by atoms with Crippen LogP contribution in [-0.2, 0) is 9.59 Å². The monoisotopic (exact) mass is 243 g/mol. The van der Waals surface area contributed by atoms with Crippen molar-refractivity contribution in [3.63, 3.8) is 0 Å². The van der Waals surface area contributed by atoms with Crippen LogP contribution in [0.3, 0.4) is 0 Å². The number of hydrogen-bond acceptors (Lipinski definition) is 4. The predicted octanol–water partition coefficient (Wildman–Crippen LogP) is -0.949. The summed E-state index contributed by atoms with van der Waals surface area (Å²) in [6.45, 7) is 0.294. The van der Waals surface area contributed by atoms with Crippen molar-refractivity contribution >= 4 is 11.9 Å². The average molecular weight is 243 g/mol. The Morgan fingerprint density at radius 3 is 2.00 bits per heavy atom. The highest BCUT2D eigenvalue weighted by Gasteiger charge is 2.39. The number of nitrogens with zero attached hydrogens (tertiary/aromatic N) is 1. The number of β-amino-alcohol motifs (C(OH)–C–C–N with tert-alkyl or cyclic N) is 2. The van der Waals surface area contributed by atoms with Crippen molar-refractivity contribution in [3.8, 4) is 0 Å². The fourth-order valence-corrected chi connectivity index (χ4v) is 2.64. The molecule has 96 valence electrons. The molecule has 0 spiro atoms. The maximum absolute atomic E-state index is 12.0. The van der Waals surface area contributed by atoms with Gasteiger partial charge in [-0.2, -0.15) is 0 Å². The molecule has 1 saturated carbocycles. The molecule has 0 bridgehead atoms. The van der Waals surface area contributed by atoms with E-state index in [1.54, 1.807) is 0 Å². The molecule has 0 aromatic carbocycles. The van der Waals surface area contributed by atoms with Gasteiger partial charge < -0.3 is 20.2 Å². The minimum atomic E-state index is -0.879. The highest BCUT2D eigenvalue weighted by Crippen LogP contribution is 2.33. The van der Waals surface area contributed by atoms with Gasteiger partial charge in [0.2, 0.25) is 5.91 Å². The summed E-state index contributed by atoms with van der Waals surface area (Å²) in [5, 5.41) is 27.6. The lowest BCUT2D eigenvalue weighted by Gasteiger charge is -2.19. The van der Waals surface area contributed by atoms with Crippen molar-refractivity contribution < 1.29 is 24.9 Å². The van der Waals surface area contributed by atoms with Gasteiger partial charge in [0.05, 0.1) is 18.1 Å². The molecule has 1 aliphatic carbocycles. The number of amides is 1. The van der Waals surface area contributed by atoms with E-state index in [1.807, 2.05) is 0 Å². The molecule has 0 aromatic rings. The number of aliphatic hydroxyl groups excluding tert-OH is 2. The molecule has 2 fully saturated rings. The molecule has 6 nitrogen and oxygen atoms in total. The van der Waals surface area contributed by atoms with E-state index < -0.39 is 24.1 Å². The Morgan fingerprint density at radius 1 is 1.00 bits per heavy atom. The second kappa shape index (κ2) is 4.62. The minimum Gasteiger partial charge on any atom is -0.481 e. The predicted molar refractivity (Wildman–Crippen MR) is 57.1 cm³/mol. The Balaban J connectivity index is 1.92. The van der Waals surface area contributed by atoms with Crippen LogP contribution in [0.1, 0.15) is 19.3 Å². The molecule has 1 heterocycles. The summed E-state index contributed by atoms with van der Waals surface area (Å²) in [5.41, 5.74) is 0. The number of carboxylic acid groups (broad SMARTS) is 1. The number of aliphatic hydroxyl groups is 2. The standard InChI is InChI=1S/C11H17NO5/c13-8-4-12(5-9(8)14)10(15)6-1-2-7(3-6)11(16)17/h6-9,13-14H,1-5H2,(H,16,17)/t6-,7+,8-,9+/m1/s1. The Bertz CT molecular complexity index is 322. The van der Waals surface area contributed by atoms with Gasteiger partial charge >= 0.3 is 5.97 Å². The van der Waals surface area contributed by atoms with E-state index in [0.717, 1.165) is 0 Å². The van der Waals surface area contributed by atoms with E-state index >= 15 is 0 Å². The van der Waals surface area contributed by atoms with Crippen molar-refractivity contribution in [1.82, 2.24) is 4.90 Å². The largest absolute Gasteiger partial charge is 0.481 e. The van der Waals surface area contributed by atoms with Crippen LogP contribution in [-0.4, -0.2) is 57.4 Å². The summed E-state index contributed by atoms with van der Waals surface area (Å²) in [6, 6.07) is 0. The SMILES string of the molecule is O=C(O)[C@H]1CC[C@@H](C(=O)N2C[C@@H](O)[C@@H](O)C2)C1. The summed E-state index contributed by atoms with van der Waals surface area (Å²) < 4.78 is 0. The third-order valence-corrected chi connectivity index (χ3v) is 3.70. The molecule has 0 radical (unpaired) electrons. The lowest BCUT2D eigenvalue weighted by Crippen LogP contribution is -2.34. The number of carbonyl (C=O) groups is 2. The van der Waals surface area contributed by atoms with Crippen molar-refractivity contribution in [2.75, 3.05) is 13.1 Å². The Kier molecular flexibility index (Phi) is 3.35. The van der Waals surface area contributed by atoms with Gasteiger partial charge in [-0.15, -0.1) is 0 Å². The summed E-state index contributed by atoms with van der Waals surface area (Å²) in [4.78, 5) is 24.2. The van der Waals surface area contributed by atoms with Crippen LogP contribution < -0.4 is 0 Å². The molecule has 1 saturated heterocycles. The first-order valence-corrected chi connectivity index (χ1v) is 5.86. The van der Waals surface area contributed by atoms with Crippen molar-refractivity contribution in [2.24, 2.45) is 11.8 Å². The zero-order valence-corrected chi connectivity index (χ0v) is 9.45. The smallest absolute Gasteiger partial charge is 0.306 e. The molecule has 1 aliphatic heterocycles. The van der Waals surface area contributed by atoms with Crippen LogP contribution in [0, 0.1) is 11.8 Å². The summed E-state index contributed by atoms with van der Waals surface area (Å²) in [6.07, 6.45) is -0.272. The van der Waals surface area contributed by atoms with Gasteiger partial charge in [-0.3, -0.25) is 9.59 Å². The van der Waals surface area contributed by atoms with Gasteiger partial charge in [-0.25, -0.2) is 0 Å². The third kappa shape index (κ3) is 2.42. The van der Waals surface area contributed by atoms with E-state index in [-0.39, 0.29) is 24.9 Å². The first kappa shape index (κ1) is 12.3. The first-order valence-electron chi connectivity index (χ1n) is 5.86. The maximum Gasteiger partial charge on any atom is 0.306 e. The Morgan fingerprint density at radius 2 is 1.53 bits per heavy atom. The number of hydrogen-bond donors (Lipinski definition) is 3. The molecule has 3 N–H and O–H groups in total. The number of aliphatic carboxylic acids is 1.